The number of nitrogens with zero attached hydrogens (tertiary/aromatic N) is 2. The van der Waals surface area contributed by atoms with Gasteiger partial charge in [0.2, 0.25) is 0 Å². The van der Waals surface area contributed by atoms with E-state index in [0.717, 1.165) is 25.1 Å². The Labute approximate surface area is 107 Å². The Morgan fingerprint density at radius 2 is 2.35 bits per heavy atom. The van der Waals surface area contributed by atoms with E-state index < -0.39 is 6.10 Å². The van der Waals surface area contributed by atoms with Gasteiger partial charge in [0.25, 0.3) is 0 Å². The number of rotatable bonds is 8. The highest BCUT2D eigenvalue weighted by Crippen LogP contribution is 2.13. The number of aryl methyl sites for hydroxylation is 1. The Kier molecular flexibility index (Phi) is 6.65. The summed E-state index contributed by atoms with van der Waals surface area (Å²) in [5.74, 6) is 0. The predicted octanol–water partition coefficient (Wildman–Crippen LogP) is 1.53. The Balaban J connectivity index is 2.36. The van der Waals surface area contributed by atoms with Gasteiger partial charge in [0.05, 0.1) is 23.4 Å². The molecule has 1 rings (SSSR count). The van der Waals surface area contributed by atoms with Crippen molar-refractivity contribution in [2.24, 2.45) is 0 Å². The molecule has 0 fully saturated rings. The first kappa shape index (κ1) is 14.6. The Morgan fingerprint density at radius 1 is 1.59 bits per heavy atom. The molecular weight excluding hydrogens is 236 g/mol. The topological polar surface area (TPSA) is 45.6 Å². The van der Waals surface area contributed by atoms with Gasteiger partial charge in [-0.25, -0.2) is 4.98 Å². The zero-order valence-corrected chi connectivity index (χ0v) is 11.7. The maximum absolute atomic E-state index is 9.60. The Bertz CT molecular complexity index is 317. The molecule has 0 spiro atoms. The summed E-state index contributed by atoms with van der Waals surface area (Å²) in [5, 5.41) is 12.9. The zero-order chi connectivity index (χ0) is 12.7. The second kappa shape index (κ2) is 7.76. The van der Waals surface area contributed by atoms with Crippen molar-refractivity contribution in [3.63, 3.8) is 0 Å². The lowest BCUT2D eigenvalue weighted by Crippen LogP contribution is -2.31. The second-order valence-corrected chi connectivity index (χ2v) is 5.23. The van der Waals surface area contributed by atoms with Crippen LogP contribution in [-0.4, -0.2) is 48.4 Å². The second-order valence-electron chi connectivity index (χ2n) is 4.29. The first-order chi connectivity index (χ1) is 8.15. The first-order valence-electron chi connectivity index (χ1n) is 5.94. The number of likely N-dealkylation sites (N-methyl/N-ethyl adjacent to an activating group) is 1. The fourth-order valence-electron chi connectivity index (χ4n) is 1.70. The van der Waals surface area contributed by atoms with Gasteiger partial charge in [-0.3, -0.25) is 4.90 Å². The molecule has 0 radical (unpaired) electrons. The average Bonchev–Trinajstić information content (AvgIpc) is 2.66. The van der Waals surface area contributed by atoms with Crippen LogP contribution in [0.2, 0.25) is 0 Å². The van der Waals surface area contributed by atoms with Crippen LogP contribution in [0.5, 0.6) is 0 Å². The van der Waals surface area contributed by atoms with E-state index in [9.17, 15) is 5.11 Å². The standard InChI is InChI=1S/C12H22N2O2S/c1-4-5-12-13-10(9-17-12)6-14(2)7-11(15)8-16-3/h9,11,15H,4-8H2,1-3H3. The molecule has 1 aromatic heterocycles. The summed E-state index contributed by atoms with van der Waals surface area (Å²) in [5.41, 5.74) is 1.09. The quantitative estimate of drug-likeness (QED) is 0.768. The number of aliphatic hydroxyl groups is 1. The number of aromatic nitrogens is 1. The summed E-state index contributed by atoms with van der Waals surface area (Å²) in [7, 11) is 3.58. The van der Waals surface area contributed by atoms with Crippen molar-refractivity contribution in [2.45, 2.75) is 32.4 Å². The van der Waals surface area contributed by atoms with E-state index in [1.54, 1.807) is 18.4 Å². The molecule has 1 heterocycles. The fourth-order valence-corrected chi connectivity index (χ4v) is 2.59. The third-order valence-corrected chi connectivity index (χ3v) is 3.33. The van der Waals surface area contributed by atoms with E-state index in [1.807, 2.05) is 7.05 Å². The van der Waals surface area contributed by atoms with Crippen LogP contribution in [-0.2, 0) is 17.7 Å². The molecule has 0 saturated carbocycles. The average molecular weight is 258 g/mol. The molecule has 5 heteroatoms. The van der Waals surface area contributed by atoms with Crippen LogP contribution in [0.15, 0.2) is 5.38 Å². The minimum atomic E-state index is -0.432. The first-order valence-corrected chi connectivity index (χ1v) is 6.82. The van der Waals surface area contributed by atoms with E-state index in [2.05, 4.69) is 22.2 Å². The molecule has 0 aliphatic rings. The predicted molar refractivity (Wildman–Crippen MR) is 70.3 cm³/mol. The van der Waals surface area contributed by atoms with Crippen molar-refractivity contribution >= 4 is 11.3 Å². The van der Waals surface area contributed by atoms with Gasteiger partial charge in [0.1, 0.15) is 0 Å². The van der Waals surface area contributed by atoms with E-state index >= 15 is 0 Å². The molecule has 4 nitrogen and oxygen atoms in total. The molecule has 1 N–H and O–H groups in total. The third-order valence-electron chi connectivity index (χ3n) is 2.38. The molecule has 0 saturated heterocycles. The summed E-state index contributed by atoms with van der Waals surface area (Å²) < 4.78 is 4.90. The summed E-state index contributed by atoms with van der Waals surface area (Å²) in [6.45, 7) is 3.92. The van der Waals surface area contributed by atoms with Gasteiger partial charge < -0.3 is 9.84 Å². The number of thiazole rings is 1. The summed E-state index contributed by atoms with van der Waals surface area (Å²) >= 11 is 1.72. The van der Waals surface area contributed by atoms with Crippen LogP contribution in [0.1, 0.15) is 24.0 Å². The highest BCUT2D eigenvalue weighted by Gasteiger charge is 2.10. The van der Waals surface area contributed by atoms with Crippen molar-refractivity contribution in [1.29, 1.82) is 0 Å². The lowest BCUT2D eigenvalue weighted by atomic mass is 10.3. The number of hydrogen-bond donors (Lipinski definition) is 1. The van der Waals surface area contributed by atoms with E-state index in [-0.39, 0.29) is 0 Å². The number of methoxy groups -OCH3 is 1. The van der Waals surface area contributed by atoms with Crippen molar-refractivity contribution < 1.29 is 9.84 Å². The number of aliphatic hydroxyl groups excluding tert-OH is 1. The number of ether oxygens (including phenoxy) is 1. The van der Waals surface area contributed by atoms with Crippen LogP contribution in [0.25, 0.3) is 0 Å². The highest BCUT2D eigenvalue weighted by molar-refractivity contribution is 7.09. The third kappa shape index (κ3) is 5.59. The van der Waals surface area contributed by atoms with Crippen molar-refractivity contribution in [1.82, 2.24) is 9.88 Å². The van der Waals surface area contributed by atoms with E-state index in [0.29, 0.717) is 13.2 Å². The molecule has 1 aromatic rings. The van der Waals surface area contributed by atoms with E-state index in [1.165, 1.54) is 5.01 Å². The largest absolute Gasteiger partial charge is 0.389 e. The van der Waals surface area contributed by atoms with Gasteiger partial charge >= 0.3 is 0 Å². The molecule has 1 unspecified atom stereocenters. The number of hydrogen-bond acceptors (Lipinski definition) is 5. The van der Waals surface area contributed by atoms with Gasteiger partial charge in [0, 0.05) is 25.6 Å². The minimum absolute atomic E-state index is 0.377. The van der Waals surface area contributed by atoms with Crippen LogP contribution in [0.4, 0.5) is 0 Å². The smallest absolute Gasteiger partial charge is 0.0928 e. The van der Waals surface area contributed by atoms with Crippen LogP contribution in [0, 0.1) is 0 Å². The molecule has 0 aromatic carbocycles. The molecule has 0 aliphatic carbocycles. The molecular formula is C12H22N2O2S. The SMILES string of the molecule is CCCc1nc(CN(C)CC(O)COC)cs1. The van der Waals surface area contributed by atoms with Crippen LogP contribution in [0.3, 0.4) is 0 Å². The van der Waals surface area contributed by atoms with Crippen LogP contribution < -0.4 is 0 Å². The van der Waals surface area contributed by atoms with Gasteiger partial charge in [0.15, 0.2) is 0 Å². The molecule has 0 amide bonds. The molecule has 98 valence electrons. The molecule has 17 heavy (non-hydrogen) atoms. The Hall–Kier alpha value is -0.490. The monoisotopic (exact) mass is 258 g/mol. The zero-order valence-electron chi connectivity index (χ0n) is 10.8. The van der Waals surface area contributed by atoms with Crippen molar-refractivity contribution in [3.8, 4) is 0 Å². The minimum Gasteiger partial charge on any atom is -0.389 e. The molecule has 0 aliphatic heterocycles. The Morgan fingerprint density at radius 3 is 3.00 bits per heavy atom. The lowest BCUT2D eigenvalue weighted by molar-refractivity contribution is 0.0417. The van der Waals surface area contributed by atoms with Gasteiger partial charge in [-0.05, 0) is 19.9 Å². The molecule has 1 atom stereocenters. The summed E-state index contributed by atoms with van der Waals surface area (Å²) in [6, 6.07) is 0. The summed E-state index contributed by atoms with van der Waals surface area (Å²) in [6.07, 6.45) is 1.76. The normalized spacial score (nSPS) is 13.2. The maximum Gasteiger partial charge on any atom is 0.0928 e. The van der Waals surface area contributed by atoms with Gasteiger partial charge in [-0.1, -0.05) is 6.92 Å². The van der Waals surface area contributed by atoms with Gasteiger partial charge in [-0.2, -0.15) is 0 Å². The van der Waals surface area contributed by atoms with Crippen molar-refractivity contribution in [2.75, 3.05) is 27.3 Å². The fraction of sp³-hybridized carbons (Fsp3) is 0.750. The summed E-state index contributed by atoms with van der Waals surface area (Å²) in [4.78, 5) is 6.62. The van der Waals surface area contributed by atoms with E-state index in [4.69, 9.17) is 4.74 Å². The highest BCUT2D eigenvalue weighted by atomic mass is 32.1. The maximum atomic E-state index is 9.60. The van der Waals surface area contributed by atoms with Gasteiger partial charge in [-0.15, -0.1) is 11.3 Å². The molecule has 0 bridgehead atoms. The van der Waals surface area contributed by atoms with Crippen LogP contribution >= 0.6 is 11.3 Å². The van der Waals surface area contributed by atoms with Crippen molar-refractivity contribution in [3.05, 3.63) is 16.1 Å². The lowest BCUT2D eigenvalue weighted by Gasteiger charge is -2.18.